The van der Waals surface area contributed by atoms with Crippen molar-refractivity contribution < 1.29 is 4.70 Å². The van der Waals surface area contributed by atoms with Gasteiger partial charge in [0.15, 0.2) is 0 Å². The molecule has 0 aliphatic heterocycles. The van der Waals surface area contributed by atoms with Crippen molar-refractivity contribution in [3.05, 3.63) is 0 Å². The summed E-state index contributed by atoms with van der Waals surface area (Å²) >= 11 is 0. The van der Waals surface area contributed by atoms with Gasteiger partial charge in [0.05, 0.1) is 5.66 Å². The summed E-state index contributed by atoms with van der Waals surface area (Å²) in [5.41, 5.74) is 11.0. The van der Waals surface area contributed by atoms with Crippen LogP contribution in [0.4, 0.5) is 4.70 Å². The first-order valence-corrected chi connectivity index (χ1v) is 3.28. The van der Waals surface area contributed by atoms with E-state index in [1.807, 2.05) is 0 Å². The SMILES string of the molecule is F.NC1(N)CCCCC1. The van der Waals surface area contributed by atoms with Gasteiger partial charge in [-0.15, -0.1) is 0 Å². The summed E-state index contributed by atoms with van der Waals surface area (Å²) in [7, 11) is 0. The molecule has 0 heterocycles. The quantitative estimate of drug-likeness (QED) is 0.479. The molecule has 0 atom stereocenters. The average molecular weight is 134 g/mol. The molecule has 4 N–H and O–H groups in total. The van der Waals surface area contributed by atoms with E-state index < -0.39 is 0 Å². The van der Waals surface area contributed by atoms with Crippen LogP contribution in [0.1, 0.15) is 32.1 Å². The summed E-state index contributed by atoms with van der Waals surface area (Å²) in [5.74, 6) is 0. The van der Waals surface area contributed by atoms with Crippen molar-refractivity contribution in [2.45, 2.75) is 37.8 Å². The maximum absolute atomic E-state index is 5.66. The highest BCUT2D eigenvalue weighted by molar-refractivity contribution is 4.79. The molecule has 0 aromatic heterocycles. The topological polar surface area (TPSA) is 52.0 Å². The van der Waals surface area contributed by atoms with Crippen LogP contribution < -0.4 is 11.5 Å². The maximum atomic E-state index is 5.66. The van der Waals surface area contributed by atoms with Gasteiger partial charge in [-0.25, -0.2) is 0 Å². The minimum Gasteiger partial charge on any atom is -0.313 e. The number of nitrogens with two attached hydrogens (primary N) is 2. The van der Waals surface area contributed by atoms with Gasteiger partial charge >= 0.3 is 0 Å². The Bertz CT molecular complexity index is 75.1. The Kier molecular flexibility index (Phi) is 3.08. The summed E-state index contributed by atoms with van der Waals surface area (Å²) < 4.78 is 0. The highest BCUT2D eigenvalue weighted by Gasteiger charge is 2.21. The van der Waals surface area contributed by atoms with Gasteiger partial charge in [0.25, 0.3) is 0 Å². The molecule has 2 nitrogen and oxygen atoms in total. The minimum absolute atomic E-state index is 0. The number of halogens is 1. The van der Waals surface area contributed by atoms with E-state index in [9.17, 15) is 0 Å². The lowest BCUT2D eigenvalue weighted by Crippen LogP contribution is -2.50. The van der Waals surface area contributed by atoms with Crippen LogP contribution >= 0.6 is 0 Å². The van der Waals surface area contributed by atoms with Crippen LogP contribution in [0.2, 0.25) is 0 Å². The lowest BCUT2D eigenvalue weighted by atomic mass is 9.91. The van der Waals surface area contributed by atoms with Crippen LogP contribution in [-0.2, 0) is 0 Å². The lowest BCUT2D eigenvalue weighted by Gasteiger charge is -2.28. The van der Waals surface area contributed by atoms with Gasteiger partial charge in [-0.05, 0) is 12.8 Å². The molecule has 1 aliphatic rings. The lowest BCUT2D eigenvalue weighted by molar-refractivity contribution is 0.306. The first kappa shape index (κ1) is 8.85. The number of rotatable bonds is 0. The van der Waals surface area contributed by atoms with Gasteiger partial charge < -0.3 is 11.5 Å². The molecule has 0 radical (unpaired) electrons. The van der Waals surface area contributed by atoms with E-state index in [2.05, 4.69) is 0 Å². The van der Waals surface area contributed by atoms with E-state index in [1.54, 1.807) is 0 Å². The van der Waals surface area contributed by atoms with Crippen LogP contribution in [0.5, 0.6) is 0 Å². The molecule has 1 rings (SSSR count). The second-order valence-corrected chi connectivity index (χ2v) is 2.79. The zero-order chi connectivity index (χ0) is 6.04. The molecule has 1 saturated carbocycles. The van der Waals surface area contributed by atoms with Crippen molar-refractivity contribution >= 4 is 0 Å². The summed E-state index contributed by atoms with van der Waals surface area (Å²) in [6.07, 6.45) is 5.76. The van der Waals surface area contributed by atoms with Gasteiger partial charge in [0, 0.05) is 0 Å². The summed E-state index contributed by atoms with van der Waals surface area (Å²) in [4.78, 5) is 0. The van der Waals surface area contributed by atoms with Crippen LogP contribution in [0, 0.1) is 0 Å². The highest BCUT2D eigenvalue weighted by atomic mass is 19.0. The van der Waals surface area contributed by atoms with E-state index in [4.69, 9.17) is 11.5 Å². The van der Waals surface area contributed by atoms with E-state index in [0.717, 1.165) is 12.8 Å². The summed E-state index contributed by atoms with van der Waals surface area (Å²) in [6.45, 7) is 0. The zero-order valence-electron chi connectivity index (χ0n) is 5.60. The molecule has 0 saturated heterocycles. The Hall–Kier alpha value is -0.150. The third kappa shape index (κ3) is 2.77. The highest BCUT2D eigenvalue weighted by Crippen LogP contribution is 2.20. The molecule has 0 aromatic carbocycles. The van der Waals surface area contributed by atoms with E-state index in [0.29, 0.717) is 0 Å². The van der Waals surface area contributed by atoms with Crippen molar-refractivity contribution in [2.24, 2.45) is 11.5 Å². The first-order chi connectivity index (χ1) is 3.71. The van der Waals surface area contributed by atoms with Crippen LogP contribution in [0.3, 0.4) is 0 Å². The Balaban J connectivity index is 0.000000640. The molecule has 0 spiro atoms. The molecule has 0 amide bonds. The summed E-state index contributed by atoms with van der Waals surface area (Å²) in [6, 6.07) is 0. The van der Waals surface area contributed by atoms with Crippen molar-refractivity contribution in [1.29, 1.82) is 0 Å². The molecule has 0 unspecified atom stereocenters. The maximum Gasteiger partial charge on any atom is 0.0636 e. The van der Waals surface area contributed by atoms with Gasteiger partial charge in [-0.3, -0.25) is 4.70 Å². The predicted molar refractivity (Wildman–Crippen MR) is 36.7 cm³/mol. The Morgan fingerprint density at radius 3 is 1.56 bits per heavy atom. The smallest absolute Gasteiger partial charge is 0.0636 e. The van der Waals surface area contributed by atoms with E-state index in [-0.39, 0.29) is 10.4 Å². The molecular formula is C6H15FN2. The molecule has 1 fully saturated rings. The largest absolute Gasteiger partial charge is 0.313 e. The Morgan fingerprint density at radius 2 is 1.33 bits per heavy atom. The van der Waals surface area contributed by atoms with E-state index in [1.165, 1.54) is 19.3 Å². The van der Waals surface area contributed by atoms with E-state index >= 15 is 0 Å². The fraction of sp³-hybridized carbons (Fsp3) is 1.00. The van der Waals surface area contributed by atoms with Gasteiger partial charge in [0.1, 0.15) is 0 Å². The normalized spacial score (nSPS) is 24.7. The third-order valence-electron chi connectivity index (χ3n) is 1.78. The molecule has 9 heavy (non-hydrogen) atoms. The van der Waals surface area contributed by atoms with Gasteiger partial charge in [0.2, 0.25) is 0 Å². The van der Waals surface area contributed by atoms with Gasteiger partial charge in [-0.1, -0.05) is 19.3 Å². The minimum atomic E-state index is -0.321. The van der Waals surface area contributed by atoms with Crippen molar-refractivity contribution in [3.8, 4) is 0 Å². The second kappa shape index (κ2) is 3.13. The molecular weight excluding hydrogens is 119 g/mol. The number of hydrogen-bond acceptors (Lipinski definition) is 2. The molecule has 1 aliphatic carbocycles. The van der Waals surface area contributed by atoms with Crippen LogP contribution in [0.15, 0.2) is 0 Å². The van der Waals surface area contributed by atoms with Crippen LogP contribution in [-0.4, -0.2) is 5.66 Å². The fourth-order valence-corrected chi connectivity index (χ4v) is 1.21. The van der Waals surface area contributed by atoms with Gasteiger partial charge in [-0.2, -0.15) is 0 Å². The molecule has 0 aromatic rings. The monoisotopic (exact) mass is 134 g/mol. The Morgan fingerprint density at radius 1 is 0.889 bits per heavy atom. The average Bonchev–Trinajstić information content (AvgIpc) is 1.65. The molecule has 3 heteroatoms. The molecule has 56 valence electrons. The summed E-state index contributed by atoms with van der Waals surface area (Å²) in [5, 5.41) is 0. The number of hydrogen-bond donors (Lipinski definition) is 2. The predicted octanol–water partition coefficient (Wildman–Crippen LogP) is 0.717. The first-order valence-electron chi connectivity index (χ1n) is 3.28. The standard InChI is InChI=1S/C6H14N2.FH/c7-6(8)4-2-1-3-5-6;/h1-5,7-8H2;1H. The van der Waals surface area contributed by atoms with Crippen molar-refractivity contribution in [3.63, 3.8) is 0 Å². The third-order valence-corrected chi connectivity index (χ3v) is 1.78. The van der Waals surface area contributed by atoms with Crippen LogP contribution in [0.25, 0.3) is 0 Å². The van der Waals surface area contributed by atoms with Crippen molar-refractivity contribution in [2.75, 3.05) is 0 Å². The Labute approximate surface area is 55.0 Å². The second-order valence-electron chi connectivity index (χ2n) is 2.79. The zero-order valence-corrected chi connectivity index (χ0v) is 5.60. The van der Waals surface area contributed by atoms with Crippen molar-refractivity contribution in [1.82, 2.24) is 0 Å². The fourth-order valence-electron chi connectivity index (χ4n) is 1.21. The molecule has 0 bridgehead atoms.